The van der Waals surface area contributed by atoms with E-state index >= 15 is 0 Å². The molecule has 1 saturated heterocycles. The summed E-state index contributed by atoms with van der Waals surface area (Å²) in [6.07, 6.45) is 1.35. The van der Waals surface area contributed by atoms with Gasteiger partial charge in [0, 0.05) is 4.47 Å². The monoisotopic (exact) mass is 476 g/mol. The van der Waals surface area contributed by atoms with E-state index in [2.05, 4.69) is 21.2 Å². The zero-order valence-electron chi connectivity index (χ0n) is 16.0. The molecule has 0 unspecified atom stereocenters. The van der Waals surface area contributed by atoms with Crippen LogP contribution >= 0.6 is 27.5 Å². The number of hydrogen-bond donors (Lipinski definition) is 1. The smallest absolute Gasteiger partial charge is 0.335 e. The van der Waals surface area contributed by atoms with Crippen molar-refractivity contribution in [2.45, 2.75) is 26.9 Å². The molecule has 0 bridgehead atoms. The van der Waals surface area contributed by atoms with Crippen LogP contribution in [0.2, 0.25) is 5.02 Å². The summed E-state index contributed by atoms with van der Waals surface area (Å²) in [5.74, 6) is -0.960. The lowest BCUT2D eigenvalue weighted by molar-refractivity contribution is -0.122. The zero-order chi connectivity index (χ0) is 21.3. The van der Waals surface area contributed by atoms with Crippen LogP contribution in [-0.4, -0.2) is 23.9 Å². The van der Waals surface area contributed by atoms with Gasteiger partial charge < -0.3 is 4.74 Å². The first-order chi connectivity index (χ1) is 13.7. The Balaban J connectivity index is 1.98. The van der Waals surface area contributed by atoms with E-state index in [1.54, 1.807) is 43.3 Å². The number of benzene rings is 2. The molecule has 1 N–H and O–H groups in total. The minimum atomic E-state index is -0.790. The fraction of sp³-hybridized carbons (Fsp3) is 0.190. The van der Waals surface area contributed by atoms with Gasteiger partial charge in [-0.05, 0) is 68.3 Å². The fourth-order valence-electron chi connectivity index (χ4n) is 2.87. The predicted molar refractivity (Wildman–Crippen MR) is 115 cm³/mol. The Kier molecular flexibility index (Phi) is 6.10. The van der Waals surface area contributed by atoms with Crippen LogP contribution in [0.15, 0.2) is 46.4 Å². The largest absolute Gasteiger partial charge is 0.489 e. The van der Waals surface area contributed by atoms with Gasteiger partial charge in [0.05, 0.1) is 16.8 Å². The molecule has 1 aliphatic heterocycles. The molecule has 1 heterocycles. The number of imide groups is 2. The Morgan fingerprint density at radius 1 is 1.14 bits per heavy atom. The van der Waals surface area contributed by atoms with Gasteiger partial charge >= 0.3 is 6.03 Å². The van der Waals surface area contributed by atoms with Crippen LogP contribution < -0.4 is 15.0 Å². The zero-order valence-corrected chi connectivity index (χ0v) is 18.3. The Bertz CT molecular complexity index is 1050. The molecule has 3 rings (SSSR count). The molecular formula is C21H18BrClN2O4. The van der Waals surface area contributed by atoms with Crippen molar-refractivity contribution in [2.75, 3.05) is 4.90 Å². The van der Waals surface area contributed by atoms with Crippen molar-refractivity contribution in [1.29, 1.82) is 0 Å². The molecule has 29 heavy (non-hydrogen) atoms. The molecule has 4 amide bonds. The standard InChI is InChI=1S/C21H18BrClN2O4/c1-11(2)29-18-7-4-13(10-16(18)23)9-15-19(26)24-21(28)25(20(15)27)17-6-5-14(22)8-12(17)3/h4-11H,1-3H3,(H,24,26,28)/b15-9-. The summed E-state index contributed by atoms with van der Waals surface area (Å²) in [5.41, 5.74) is 1.47. The van der Waals surface area contributed by atoms with E-state index in [0.717, 1.165) is 9.37 Å². The highest BCUT2D eigenvalue weighted by molar-refractivity contribution is 9.10. The lowest BCUT2D eigenvalue weighted by Gasteiger charge is -2.27. The van der Waals surface area contributed by atoms with E-state index in [9.17, 15) is 14.4 Å². The predicted octanol–water partition coefficient (Wildman–Crippen LogP) is 4.86. The summed E-state index contributed by atoms with van der Waals surface area (Å²) in [5, 5.41) is 2.57. The molecule has 2 aromatic rings. The number of hydrogen-bond acceptors (Lipinski definition) is 4. The number of barbiturate groups is 1. The van der Waals surface area contributed by atoms with E-state index in [-0.39, 0.29) is 11.7 Å². The highest BCUT2D eigenvalue weighted by Gasteiger charge is 2.37. The van der Waals surface area contributed by atoms with E-state index in [1.807, 2.05) is 13.8 Å². The number of anilines is 1. The molecule has 1 aliphatic rings. The summed E-state index contributed by atoms with van der Waals surface area (Å²) >= 11 is 9.59. The van der Waals surface area contributed by atoms with Gasteiger partial charge in [-0.1, -0.05) is 33.6 Å². The average molecular weight is 478 g/mol. The summed E-state index contributed by atoms with van der Waals surface area (Å²) in [6, 6.07) is 9.29. The van der Waals surface area contributed by atoms with Gasteiger partial charge in [-0.3, -0.25) is 14.9 Å². The third kappa shape index (κ3) is 4.52. The first-order valence-corrected chi connectivity index (χ1v) is 9.98. The van der Waals surface area contributed by atoms with Crippen molar-refractivity contribution >= 4 is 57.1 Å². The lowest BCUT2D eigenvalue weighted by Crippen LogP contribution is -2.54. The number of urea groups is 1. The van der Waals surface area contributed by atoms with Crippen LogP contribution in [0.1, 0.15) is 25.0 Å². The molecule has 8 heteroatoms. The minimum absolute atomic E-state index is 0.0453. The van der Waals surface area contributed by atoms with Gasteiger partial charge in [0.2, 0.25) is 0 Å². The summed E-state index contributed by atoms with van der Waals surface area (Å²) in [7, 11) is 0. The van der Waals surface area contributed by atoms with Gasteiger partial charge in [0.15, 0.2) is 0 Å². The SMILES string of the molecule is Cc1cc(Br)ccc1N1C(=O)NC(=O)/C(=C/c2ccc(OC(C)C)c(Cl)c2)C1=O. The Morgan fingerprint density at radius 2 is 1.86 bits per heavy atom. The summed E-state index contributed by atoms with van der Waals surface area (Å²) < 4.78 is 6.40. The number of nitrogens with one attached hydrogen (secondary N) is 1. The number of ether oxygens (including phenoxy) is 1. The fourth-order valence-corrected chi connectivity index (χ4v) is 3.58. The molecule has 2 aromatic carbocycles. The van der Waals surface area contributed by atoms with Crippen molar-refractivity contribution in [2.24, 2.45) is 0 Å². The van der Waals surface area contributed by atoms with Crippen molar-refractivity contribution in [1.82, 2.24) is 5.32 Å². The van der Waals surface area contributed by atoms with Crippen LogP contribution in [0.25, 0.3) is 6.08 Å². The molecule has 0 aliphatic carbocycles. The second-order valence-corrected chi connectivity index (χ2v) is 8.07. The molecule has 0 atom stereocenters. The average Bonchev–Trinajstić information content (AvgIpc) is 2.62. The van der Waals surface area contributed by atoms with E-state index in [4.69, 9.17) is 16.3 Å². The number of aryl methyl sites for hydroxylation is 1. The van der Waals surface area contributed by atoms with E-state index in [1.165, 1.54) is 6.08 Å². The van der Waals surface area contributed by atoms with Gasteiger partial charge in [0.25, 0.3) is 11.8 Å². The second-order valence-electron chi connectivity index (χ2n) is 6.75. The molecule has 1 fully saturated rings. The first kappa shape index (κ1) is 21.1. The van der Waals surface area contributed by atoms with E-state index < -0.39 is 17.8 Å². The third-order valence-corrected chi connectivity index (χ3v) is 4.92. The molecule has 6 nitrogen and oxygen atoms in total. The molecular weight excluding hydrogens is 460 g/mol. The first-order valence-electron chi connectivity index (χ1n) is 8.81. The van der Waals surface area contributed by atoms with Crippen LogP contribution in [0.5, 0.6) is 5.75 Å². The Hall–Kier alpha value is -2.64. The summed E-state index contributed by atoms with van der Waals surface area (Å²) in [4.78, 5) is 38.6. The van der Waals surface area contributed by atoms with Crippen molar-refractivity contribution in [3.63, 3.8) is 0 Å². The molecule has 0 spiro atoms. The molecule has 150 valence electrons. The minimum Gasteiger partial charge on any atom is -0.489 e. The molecule has 0 saturated carbocycles. The molecule has 0 aromatic heterocycles. The number of nitrogens with zero attached hydrogens (tertiary/aromatic N) is 1. The van der Waals surface area contributed by atoms with Crippen molar-refractivity contribution in [3.05, 3.63) is 62.6 Å². The number of halogens is 2. The topological polar surface area (TPSA) is 75.7 Å². The Labute approximate surface area is 181 Å². The Morgan fingerprint density at radius 3 is 2.48 bits per heavy atom. The van der Waals surface area contributed by atoms with Crippen LogP contribution in [-0.2, 0) is 9.59 Å². The molecule has 0 radical (unpaired) electrons. The van der Waals surface area contributed by atoms with Gasteiger partial charge in [-0.2, -0.15) is 0 Å². The normalized spacial score (nSPS) is 15.9. The van der Waals surface area contributed by atoms with E-state index in [0.29, 0.717) is 27.6 Å². The van der Waals surface area contributed by atoms with Crippen molar-refractivity contribution < 1.29 is 19.1 Å². The van der Waals surface area contributed by atoms with Gasteiger partial charge in [-0.25, -0.2) is 9.69 Å². The van der Waals surface area contributed by atoms with Crippen molar-refractivity contribution in [3.8, 4) is 5.75 Å². The van der Waals surface area contributed by atoms with Gasteiger partial charge in [-0.15, -0.1) is 0 Å². The highest BCUT2D eigenvalue weighted by Crippen LogP contribution is 2.30. The maximum atomic E-state index is 13.0. The van der Waals surface area contributed by atoms with Crippen LogP contribution in [0, 0.1) is 6.92 Å². The second kappa shape index (κ2) is 8.39. The van der Waals surface area contributed by atoms with Crippen LogP contribution in [0.4, 0.5) is 10.5 Å². The highest BCUT2D eigenvalue weighted by atomic mass is 79.9. The maximum Gasteiger partial charge on any atom is 0.335 e. The number of amides is 4. The number of rotatable bonds is 4. The quantitative estimate of drug-likeness (QED) is 0.504. The lowest BCUT2D eigenvalue weighted by atomic mass is 10.1. The van der Waals surface area contributed by atoms with Gasteiger partial charge in [0.1, 0.15) is 11.3 Å². The third-order valence-electron chi connectivity index (χ3n) is 4.13. The van der Waals surface area contributed by atoms with Crippen LogP contribution in [0.3, 0.4) is 0 Å². The maximum absolute atomic E-state index is 13.0. The summed E-state index contributed by atoms with van der Waals surface area (Å²) in [6.45, 7) is 5.54. The number of carbonyl (C=O) groups excluding carboxylic acids is 3. The number of carbonyl (C=O) groups is 3.